The average molecular weight is 290 g/mol. The molecule has 0 aliphatic carbocycles. The molecule has 0 amide bonds. The molecule has 0 fully saturated rings. The number of sulfonamides is 1. The maximum absolute atomic E-state index is 12.0. The van der Waals surface area contributed by atoms with Gasteiger partial charge in [-0.3, -0.25) is 0 Å². The molecule has 8 heteroatoms. The lowest BCUT2D eigenvalue weighted by Gasteiger charge is -2.16. The van der Waals surface area contributed by atoms with Crippen molar-refractivity contribution in [2.75, 3.05) is 12.3 Å². The fourth-order valence-corrected chi connectivity index (χ4v) is 2.75. The second-order valence-electron chi connectivity index (χ2n) is 4.62. The Balaban J connectivity index is 4.00. The van der Waals surface area contributed by atoms with Crippen molar-refractivity contribution in [3.8, 4) is 0 Å². The van der Waals surface area contributed by atoms with Crippen LogP contribution in [0.5, 0.6) is 0 Å². The van der Waals surface area contributed by atoms with Crippen LogP contribution in [0.15, 0.2) is 0 Å². The van der Waals surface area contributed by atoms with Crippen LogP contribution in [0.2, 0.25) is 0 Å². The van der Waals surface area contributed by atoms with E-state index in [0.717, 1.165) is 0 Å². The standard InChI is InChI=1S/C10H21F3N2O2S/c1-8(2)14-5-4-6-18(16,17)15-9(3)7-10(11,12)13/h8-9,14-15H,4-7H2,1-3H3. The Morgan fingerprint density at radius 2 is 1.72 bits per heavy atom. The van der Waals surface area contributed by atoms with Crippen molar-refractivity contribution in [2.45, 2.75) is 51.9 Å². The molecule has 110 valence electrons. The van der Waals surface area contributed by atoms with E-state index in [2.05, 4.69) is 5.32 Å². The van der Waals surface area contributed by atoms with Crippen LogP contribution in [0.1, 0.15) is 33.6 Å². The molecule has 1 atom stereocenters. The van der Waals surface area contributed by atoms with Crippen molar-refractivity contribution < 1.29 is 21.6 Å². The highest BCUT2D eigenvalue weighted by atomic mass is 32.2. The Morgan fingerprint density at radius 3 is 2.17 bits per heavy atom. The van der Waals surface area contributed by atoms with Crippen molar-refractivity contribution in [1.29, 1.82) is 0 Å². The first-order valence-corrected chi connectivity index (χ1v) is 7.47. The molecule has 0 aromatic heterocycles. The van der Waals surface area contributed by atoms with E-state index < -0.39 is 28.7 Å². The van der Waals surface area contributed by atoms with E-state index in [4.69, 9.17) is 0 Å². The number of rotatable bonds is 8. The van der Waals surface area contributed by atoms with Crippen LogP contribution in [-0.4, -0.2) is 39.0 Å². The summed E-state index contributed by atoms with van der Waals surface area (Å²) in [5, 5.41) is 3.04. The molecule has 18 heavy (non-hydrogen) atoms. The van der Waals surface area contributed by atoms with E-state index in [0.29, 0.717) is 13.0 Å². The predicted octanol–water partition coefficient (Wildman–Crippen LogP) is 1.63. The van der Waals surface area contributed by atoms with E-state index >= 15 is 0 Å². The van der Waals surface area contributed by atoms with E-state index in [9.17, 15) is 21.6 Å². The van der Waals surface area contributed by atoms with Crippen LogP contribution >= 0.6 is 0 Å². The highest BCUT2D eigenvalue weighted by Gasteiger charge is 2.31. The lowest BCUT2D eigenvalue weighted by atomic mass is 10.2. The first-order chi connectivity index (χ1) is 8.02. The van der Waals surface area contributed by atoms with Crippen LogP contribution < -0.4 is 10.0 Å². The minimum absolute atomic E-state index is 0.172. The molecule has 0 saturated carbocycles. The van der Waals surface area contributed by atoms with Gasteiger partial charge in [0.25, 0.3) is 0 Å². The zero-order chi connectivity index (χ0) is 14.4. The maximum Gasteiger partial charge on any atom is 0.390 e. The van der Waals surface area contributed by atoms with Gasteiger partial charge in [-0.15, -0.1) is 0 Å². The van der Waals surface area contributed by atoms with Gasteiger partial charge in [-0.05, 0) is 19.9 Å². The SMILES string of the molecule is CC(C)NCCCS(=O)(=O)NC(C)CC(F)(F)F. The van der Waals surface area contributed by atoms with Gasteiger partial charge in [-0.1, -0.05) is 13.8 Å². The molecule has 0 aliphatic heterocycles. The summed E-state index contributed by atoms with van der Waals surface area (Å²) in [5.41, 5.74) is 0. The first-order valence-electron chi connectivity index (χ1n) is 5.82. The summed E-state index contributed by atoms with van der Waals surface area (Å²) in [6, 6.07) is -0.877. The van der Waals surface area contributed by atoms with Gasteiger partial charge in [0.1, 0.15) is 0 Å². The molecule has 0 spiro atoms. The molecule has 0 heterocycles. The molecule has 2 N–H and O–H groups in total. The van der Waals surface area contributed by atoms with Gasteiger partial charge in [0.05, 0.1) is 12.2 Å². The van der Waals surface area contributed by atoms with Gasteiger partial charge in [0, 0.05) is 12.1 Å². The molecule has 4 nitrogen and oxygen atoms in total. The van der Waals surface area contributed by atoms with Crippen molar-refractivity contribution in [2.24, 2.45) is 0 Å². The number of alkyl halides is 3. The summed E-state index contributed by atoms with van der Waals surface area (Å²) >= 11 is 0. The minimum atomic E-state index is -4.36. The Hall–Kier alpha value is -0.340. The third-order valence-electron chi connectivity index (χ3n) is 2.06. The van der Waals surface area contributed by atoms with Gasteiger partial charge in [-0.2, -0.15) is 13.2 Å². The zero-order valence-corrected chi connectivity index (χ0v) is 11.7. The van der Waals surface area contributed by atoms with Gasteiger partial charge >= 0.3 is 6.18 Å². The van der Waals surface area contributed by atoms with E-state index in [1.165, 1.54) is 6.92 Å². The molecular weight excluding hydrogens is 269 g/mol. The lowest BCUT2D eigenvalue weighted by molar-refractivity contribution is -0.137. The summed E-state index contributed by atoms with van der Waals surface area (Å²) in [6.07, 6.45) is -5.15. The van der Waals surface area contributed by atoms with Crippen molar-refractivity contribution >= 4 is 10.0 Å². The van der Waals surface area contributed by atoms with E-state index in [1.807, 2.05) is 18.6 Å². The molecule has 0 radical (unpaired) electrons. The summed E-state index contributed by atoms with van der Waals surface area (Å²) in [5.74, 6) is -0.172. The van der Waals surface area contributed by atoms with Gasteiger partial charge in [0.15, 0.2) is 0 Å². The zero-order valence-electron chi connectivity index (χ0n) is 10.8. The molecule has 0 rings (SSSR count). The molecule has 0 aliphatic rings. The molecule has 0 aromatic rings. The number of hydrogen-bond acceptors (Lipinski definition) is 3. The first kappa shape index (κ1) is 17.7. The fourth-order valence-electron chi connectivity index (χ4n) is 1.41. The second kappa shape index (κ2) is 7.30. The smallest absolute Gasteiger partial charge is 0.314 e. The summed E-state index contributed by atoms with van der Waals surface area (Å²) in [4.78, 5) is 0. The maximum atomic E-state index is 12.0. The highest BCUT2D eigenvalue weighted by Crippen LogP contribution is 2.21. The third kappa shape index (κ3) is 10.8. The van der Waals surface area contributed by atoms with E-state index in [1.54, 1.807) is 0 Å². The molecule has 1 unspecified atom stereocenters. The predicted molar refractivity (Wildman–Crippen MR) is 64.8 cm³/mol. The fraction of sp³-hybridized carbons (Fsp3) is 1.00. The molecule has 0 bridgehead atoms. The van der Waals surface area contributed by atoms with Gasteiger partial charge < -0.3 is 5.32 Å². The Labute approximate surface area is 106 Å². The Bertz CT molecular complexity index is 329. The lowest BCUT2D eigenvalue weighted by Crippen LogP contribution is -2.38. The highest BCUT2D eigenvalue weighted by molar-refractivity contribution is 7.89. The topological polar surface area (TPSA) is 58.2 Å². The van der Waals surface area contributed by atoms with Crippen LogP contribution in [0.4, 0.5) is 13.2 Å². The van der Waals surface area contributed by atoms with Crippen LogP contribution in [0.3, 0.4) is 0 Å². The van der Waals surface area contributed by atoms with Gasteiger partial charge in [0.2, 0.25) is 10.0 Å². The molecule has 0 aromatic carbocycles. The van der Waals surface area contributed by atoms with Crippen LogP contribution in [-0.2, 0) is 10.0 Å². The number of hydrogen-bond donors (Lipinski definition) is 2. The average Bonchev–Trinajstić information content (AvgIpc) is 2.07. The summed E-state index contributed by atoms with van der Waals surface area (Å²) < 4.78 is 61.1. The summed E-state index contributed by atoms with van der Waals surface area (Å²) in [6.45, 7) is 5.58. The van der Waals surface area contributed by atoms with E-state index in [-0.39, 0.29) is 11.8 Å². The molecular formula is C10H21F3N2O2S. The molecule has 0 saturated heterocycles. The van der Waals surface area contributed by atoms with Crippen molar-refractivity contribution in [1.82, 2.24) is 10.0 Å². The largest absolute Gasteiger partial charge is 0.390 e. The monoisotopic (exact) mass is 290 g/mol. The summed E-state index contributed by atoms with van der Waals surface area (Å²) in [7, 11) is -3.64. The Kier molecular flexibility index (Phi) is 7.16. The van der Waals surface area contributed by atoms with Crippen LogP contribution in [0.25, 0.3) is 0 Å². The minimum Gasteiger partial charge on any atom is -0.314 e. The Morgan fingerprint density at radius 1 is 1.17 bits per heavy atom. The van der Waals surface area contributed by atoms with Crippen LogP contribution in [0, 0.1) is 0 Å². The third-order valence-corrected chi connectivity index (χ3v) is 3.65. The quantitative estimate of drug-likeness (QED) is 0.668. The van der Waals surface area contributed by atoms with Crippen molar-refractivity contribution in [3.63, 3.8) is 0 Å². The normalized spacial score (nSPS) is 15.1. The second-order valence-corrected chi connectivity index (χ2v) is 6.49. The van der Waals surface area contributed by atoms with Crippen molar-refractivity contribution in [3.05, 3.63) is 0 Å². The number of nitrogens with one attached hydrogen (secondary N) is 2. The number of halogens is 3. The van der Waals surface area contributed by atoms with Gasteiger partial charge in [-0.25, -0.2) is 13.1 Å².